The molecule has 2 aromatic rings. The van der Waals surface area contributed by atoms with Crippen LogP contribution in [-0.4, -0.2) is 23.6 Å². The highest BCUT2D eigenvalue weighted by Gasteiger charge is 2.14. The highest BCUT2D eigenvalue weighted by molar-refractivity contribution is 5.55. The number of hydrogen-bond acceptors (Lipinski definition) is 5. The van der Waals surface area contributed by atoms with Crippen molar-refractivity contribution in [1.82, 2.24) is 9.97 Å². The summed E-state index contributed by atoms with van der Waals surface area (Å²) in [7, 11) is 1.50. The summed E-state index contributed by atoms with van der Waals surface area (Å²) in [5.74, 6) is 1.18. The van der Waals surface area contributed by atoms with Crippen LogP contribution in [0.1, 0.15) is 12.5 Å². The van der Waals surface area contributed by atoms with E-state index >= 15 is 0 Å². The largest absolute Gasteiger partial charge is 0.489 e. The molecule has 0 saturated carbocycles. The molecule has 0 aliphatic heterocycles. The van der Waals surface area contributed by atoms with Crippen molar-refractivity contribution < 1.29 is 13.9 Å². The number of nitrogens with zero attached hydrogens (tertiary/aromatic N) is 2. The van der Waals surface area contributed by atoms with Crippen molar-refractivity contribution in [3.05, 3.63) is 35.9 Å². The minimum atomic E-state index is -0.331. The molecule has 20 heavy (non-hydrogen) atoms. The second-order valence-corrected chi connectivity index (χ2v) is 4.10. The molecule has 2 rings (SSSR count). The van der Waals surface area contributed by atoms with Gasteiger partial charge in [-0.3, -0.25) is 0 Å². The van der Waals surface area contributed by atoms with Gasteiger partial charge in [0.25, 0.3) is 5.88 Å². The van der Waals surface area contributed by atoms with E-state index in [9.17, 15) is 4.39 Å². The molecule has 0 aliphatic carbocycles. The lowest BCUT2D eigenvalue weighted by atomic mass is 10.2. The minimum absolute atomic E-state index is 0.238. The second-order valence-electron chi connectivity index (χ2n) is 4.10. The number of nitrogens with one attached hydrogen (secondary N) is 1. The molecule has 1 aromatic carbocycles. The number of methoxy groups -OCH3 is 1. The molecule has 0 atom stereocenters. The molecular weight excluding hydrogens is 261 g/mol. The summed E-state index contributed by atoms with van der Waals surface area (Å²) in [6, 6.07) is 4.63. The lowest BCUT2D eigenvalue weighted by Crippen LogP contribution is -2.04. The zero-order valence-electron chi connectivity index (χ0n) is 11.6. The van der Waals surface area contributed by atoms with Gasteiger partial charge in [-0.05, 0) is 25.5 Å². The number of ether oxygens (including phenoxy) is 2. The van der Waals surface area contributed by atoms with Crippen LogP contribution in [0.2, 0.25) is 0 Å². The summed E-state index contributed by atoms with van der Waals surface area (Å²) >= 11 is 0. The Labute approximate surface area is 116 Å². The average Bonchev–Trinajstić information content (AvgIpc) is 2.44. The van der Waals surface area contributed by atoms with Crippen LogP contribution in [0.5, 0.6) is 17.4 Å². The Morgan fingerprint density at radius 1 is 1.30 bits per heavy atom. The maximum absolute atomic E-state index is 13.5. The maximum atomic E-state index is 13.5. The second kappa shape index (κ2) is 6.18. The van der Waals surface area contributed by atoms with Crippen LogP contribution in [0.3, 0.4) is 0 Å². The molecule has 0 aliphatic rings. The topological polar surface area (TPSA) is 56.3 Å². The van der Waals surface area contributed by atoms with Gasteiger partial charge in [-0.2, -0.15) is 4.98 Å². The van der Waals surface area contributed by atoms with Crippen molar-refractivity contribution in [3.63, 3.8) is 0 Å². The number of benzene rings is 1. The van der Waals surface area contributed by atoms with E-state index in [2.05, 4.69) is 15.3 Å². The van der Waals surface area contributed by atoms with Gasteiger partial charge in [0.1, 0.15) is 17.9 Å². The summed E-state index contributed by atoms with van der Waals surface area (Å²) in [5.41, 5.74) is 0.556. The van der Waals surface area contributed by atoms with Gasteiger partial charge in [0.2, 0.25) is 5.75 Å². The number of rotatable bonds is 5. The standard InChI is InChI=1S/C14H16FN3O2/c1-4-16-13-12(19-3)14(18-8-17-13)20-10-6-5-9(2)11(15)7-10/h5-8H,4H2,1-3H3,(H,16,17,18). The first-order valence-corrected chi connectivity index (χ1v) is 6.22. The maximum Gasteiger partial charge on any atom is 0.268 e. The molecule has 1 aromatic heterocycles. The predicted octanol–water partition coefficient (Wildman–Crippen LogP) is 3.16. The Kier molecular flexibility index (Phi) is 4.34. The first-order valence-electron chi connectivity index (χ1n) is 6.22. The molecule has 1 N–H and O–H groups in total. The molecule has 1 heterocycles. The summed E-state index contributed by atoms with van der Waals surface area (Å²) in [6.45, 7) is 4.32. The van der Waals surface area contributed by atoms with Crippen molar-refractivity contribution in [1.29, 1.82) is 0 Å². The van der Waals surface area contributed by atoms with Gasteiger partial charge in [0, 0.05) is 12.6 Å². The van der Waals surface area contributed by atoms with Gasteiger partial charge >= 0.3 is 0 Å². The monoisotopic (exact) mass is 277 g/mol. The van der Waals surface area contributed by atoms with Gasteiger partial charge in [-0.15, -0.1) is 0 Å². The van der Waals surface area contributed by atoms with E-state index < -0.39 is 0 Å². The van der Waals surface area contributed by atoms with Crippen molar-refractivity contribution in [2.45, 2.75) is 13.8 Å². The van der Waals surface area contributed by atoms with E-state index in [1.807, 2.05) is 6.92 Å². The van der Waals surface area contributed by atoms with Gasteiger partial charge < -0.3 is 14.8 Å². The van der Waals surface area contributed by atoms with Crippen LogP contribution in [0.25, 0.3) is 0 Å². The SMILES string of the molecule is CCNc1ncnc(Oc2ccc(C)c(F)c2)c1OC. The minimum Gasteiger partial charge on any atom is -0.489 e. The van der Waals surface area contributed by atoms with Crippen LogP contribution >= 0.6 is 0 Å². The highest BCUT2D eigenvalue weighted by Crippen LogP contribution is 2.34. The van der Waals surface area contributed by atoms with E-state index in [0.717, 1.165) is 0 Å². The van der Waals surface area contributed by atoms with Crippen LogP contribution < -0.4 is 14.8 Å². The third-order valence-corrected chi connectivity index (χ3v) is 2.68. The molecule has 0 spiro atoms. The van der Waals surface area contributed by atoms with E-state index in [4.69, 9.17) is 9.47 Å². The molecular formula is C14H16FN3O2. The highest BCUT2D eigenvalue weighted by atomic mass is 19.1. The first kappa shape index (κ1) is 14.0. The fourth-order valence-electron chi connectivity index (χ4n) is 1.66. The Morgan fingerprint density at radius 2 is 2.10 bits per heavy atom. The van der Waals surface area contributed by atoms with Crippen molar-refractivity contribution in [2.75, 3.05) is 19.0 Å². The Hall–Kier alpha value is -2.37. The van der Waals surface area contributed by atoms with E-state index in [1.54, 1.807) is 19.1 Å². The lowest BCUT2D eigenvalue weighted by Gasteiger charge is -2.12. The predicted molar refractivity (Wildman–Crippen MR) is 74.0 cm³/mol. The number of hydrogen-bond donors (Lipinski definition) is 1. The van der Waals surface area contributed by atoms with Gasteiger partial charge in [0.05, 0.1) is 7.11 Å². The van der Waals surface area contributed by atoms with Gasteiger partial charge in [0.15, 0.2) is 5.82 Å². The Morgan fingerprint density at radius 3 is 2.75 bits per heavy atom. The molecule has 0 fully saturated rings. The third kappa shape index (κ3) is 2.96. The van der Waals surface area contributed by atoms with Crippen molar-refractivity contribution in [3.8, 4) is 17.4 Å². The molecule has 0 radical (unpaired) electrons. The fourth-order valence-corrected chi connectivity index (χ4v) is 1.66. The zero-order valence-corrected chi connectivity index (χ0v) is 11.6. The first-order chi connectivity index (χ1) is 9.65. The summed E-state index contributed by atoms with van der Waals surface area (Å²) in [6.07, 6.45) is 1.36. The van der Waals surface area contributed by atoms with Crippen LogP contribution in [0.4, 0.5) is 10.2 Å². The van der Waals surface area contributed by atoms with Gasteiger partial charge in [-0.25, -0.2) is 9.37 Å². The van der Waals surface area contributed by atoms with Crippen LogP contribution in [0.15, 0.2) is 24.5 Å². The van der Waals surface area contributed by atoms with Crippen LogP contribution in [0, 0.1) is 12.7 Å². The summed E-state index contributed by atoms with van der Waals surface area (Å²) in [5, 5.41) is 3.04. The summed E-state index contributed by atoms with van der Waals surface area (Å²) in [4.78, 5) is 8.09. The quantitative estimate of drug-likeness (QED) is 0.909. The molecule has 106 valence electrons. The Balaban J connectivity index is 2.32. The summed E-state index contributed by atoms with van der Waals surface area (Å²) < 4.78 is 24.3. The molecule has 0 saturated heterocycles. The molecule has 0 bridgehead atoms. The van der Waals surface area contributed by atoms with Gasteiger partial charge in [-0.1, -0.05) is 6.07 Å². The molecule has 6 heteroatoms. The third-order valence-electron chi connectivity index (χ3n) is 2.68. The number of anilines is 1. The van der Waals surface area contributed by atoms with Crippen LogP contribution in [-0.2, 0) is 0 Å². The smallest absolute Gasteiger partial charge is 0.268 e. The molecule has 0 amide bonds. The normalized spacial score (nSPS) is 10.2. The molecule has 5 nitrogen and oxygen atoms in total. The van der Waals surface area contributed by atoms with E-state index in [-0.39, 0.29) is 11.7 Å². The van der Waals surface area contributed by atoms with Crippen molar-refractivity contribution in [2.24, 2.45) is 0 Å². The zero-order chi connectivity index (χ0) is 14.5. The fraction of sp³-hybridized carbons (Fsp3) is 0.286. The van der Waals surface area contributed by atoms with E-state index in [0.29, 0.717) is 29.4 Å². The average molecular weight is 277 g/mol. The molecule has 0 unspecified atom stereocenters. The van der Waals surface area contributed by atoms with E-state index in [1.165, 1.54) is 19.5 Å². The number of halogens is 1. The lowest BCUT2D eigenvalue weighted by molar-refractivity contribution is 0.368. The number of aromatic nitrogens is 2. The number of aryl methyl sites for hydroxylation is 1. The Bertz CT molecular complexity index is 605. The van der Waals surface area contributed by atoms with Crippen molar-refractivity contribution >= 4 is 5.82 Å².